The highest BCUT2D eigenvalue weighted by atomic mass is 16.2. The van der Waals surface area contributed by atoms with Crippen molar-refractivity contribution in [2.45, 2.75) is 90.4 Å². The number of hydrogen-bond acceptors (Lipinski definition) is 1. The van der Waals surface area contributed by atoms with Gasteiger partial charge in [0, 0.05) is 24.2 Å². The third-order valence-corrected chi connectivity index (χ3v) is 4.83. The largest absolute Gasteiger partial charge is 0.320 e. The van der Waals surface area contributed by atoms with Gasteiger partial charge in [0.05, 0.1) is 0 Å². The molecular weight excluding hydrogens is 224 g/mol. The molecule has 104 valence electrons. The fourth-order valence-electron chi connectivity index (χ4n) is 3.73. The number of hydrogen-bond donors (Lipinski definition) is 0. The zero-order chi connectivity index (χ0) is 13.3. The Bertz CT molecular complexity index is 257. The molecule has 0 aliphatic carbocycles. The third-order valence-electron chi connectivity index (χ3n) is 4.83. The summed E-state index contributed by atoms with van der Waals surface area (Å²) in [6.07, 6.45) is 7.16. The van der Waals surface area contributed by atoms with Crippen LogP contribution in [-0.2, 0) is 0 Å². The lowest BCUT2D eigenvalue weighted by atomic mass is 9.95. The second-order valence-electron chi connectivity index (χ2n) is 6.36. The zero-order valence-corrected chi connectivity index (χ0v) is 12.4. The van der Waals surface area contributed by atoms with Crippen molar-refractivity contribution in [2.24, 2.45) is 0 Å². The van der Waals surface area contributed by atoms with Crippen LogP contribution in [0.15, 0.2) is 0 Å². The minimum absolute atomic E-state index is 0.286. The standard InChI is InChI=1S/C15H28N2O/c1-11-7-5-8-12(2)16(11)15(18)17-13(3)9-6-10-14(17)4/h11-14H,5-10H2,1-4H3. The van der Waals surface area contributed by atoms with E-state index in [0.717, 1.165) is 25.7 Å². The van der Waals surface area contributed by atoms with Crippen LogP contribution in [0.3, 0.4) is 0 Å². The SMILES string of the molecule is CC1CCCC(C)N1C(=O)N1C(C)CCCC1C. The second-order valence-corrected chi connectivity index (χ2v) is 6.36. The molecule has 2 aliphatic rings. The monoisotopic (exact) mass is 252 g/mol. The normalized spacial score (nSPS) is 37.8. The Morgan fingerprint density at radius 1 is 0.722 bits per heavy atom. The summed E-state index contributed by atoms with van der Waals surface area (Å²) in [5, 5.41) is 0. The van der Waals surface area contributed by atoms with Gasteiger partial charge in [-0.3, -0.25) is 0 Å². The quantitative estimate of drug-likeness (QED) is 0.646. The van der Waals surface area contributed by atoms with Crippen molar-refractivity contribution < 1.29 is 4.79 Å². The summed E-state index contributed by atoms with van der Waals surface area (Å²) in [4.78, 5) is 17.1. The molecule has 2 rings (SSSR count). The zero-order valence-electron chi connectivity index (χ0n) is 12.4. The van der Waals surface area contributed by atoms with Crippen molar-refractivity contribution >= 4 is 6.03 Å². The number of piperidine rings is 2. The van der Waals surface area contributed by atoms with Crippen molar-refractivity contribution in [3.63, 3.8) is 0 Å². The maximum absolute atomic E-state index is 12.8. The van der Waals surface area contributed by atoms with E-state index in [2.05, 4.69) is 37.5 Å². The van der Waals surface area contributed by atoms with Crippen LogP contribution in [0.25, 0.3) is 0 Å². The van der Waals surface area contributed by atoms with Crippen molar-refractivity contribution in [3.05, 3.63) is 0 Å². The highest BCUT2D eigenvalue weighted by molar-refractivity contribution is 5.76. The molecule has 4 atom stereocenters. The van der Waals surface area contributed by atoms with E-state index in [1.807, 2.05) is 0 Å². The van der Waals surface area contributed by atoms with E-state index in [1.54, 1.807) is 0 Å². The van der Waals surface area contributed by atoms with Gasteiger partial charge in [0.25, 0.3) is 0 Å². The molecule has 2 amide bonds. The fraction of sp³-hybridized carbons (Fsp3) is 0.933. The number of urea groups is 1. The second kappa shape index (κ2) is 5.50. The van der Waals surface area contributed by atoms with E-state index in [4.69, 9.17) is 0 Å². The average molecular weight is 252 g/mol. The lowest BCUT2D eigenvalue weighted by Gasteiger charge is -2.47. The number of carbonyl (C=O) groups is 1. The number of rotatable bonds is 0. The number of nitrogens with zero attached hydrogens (tertiary/aromatic N) is 2. The number of likely N-dealkylation sites (tertiary alicyclic amines) is 2. The van der Waals surface area contributed by atoms with Crippen LogP contribution in [0.4, 0.5) is 4.79 Å². The first-order valence-electron chi connectivity index (χ1n) is 7.63. The van der Waals surface area contributed by atoms with Gasteiger partial charge in [0.2, 0.25) is 0 Å². The van der Waals surface area contributed by atoms with E-state index < -0.39 is 0 Å². The van der Waals surface area contributed by atoms with Crippen molar-refractivity contribution in [2.75, 3.05) is 0 Å². The van der Waals surface area contributed by atoms with Crippen LogP contribution in [0, 0.1) is 0 Å². The van der Waals surface area contributed by atoms with Crippen LogP contribution >= 0.6 is 0 Å². The maximum Gasteiger partial charge on any atom is 0.320 e. The summed E-state index contributed by atoms with van der Waals surface area (Å²) < 4.78 is 0. The molecular formula is C15H28N2O. The fourth-order valence-corrected chi connectivity index (χ4v) is 3.73. The molecule has 0 bridgehead atoms. The van der Waals surface area contributed by atoms with Crippen molar-refractivity contribution in [3.8, 4) is 0 Å². The molecule has 0 aromatic carbocycles. The maximum atomic E-state index is 12.8. The van der Waals surface area contributed by atoms with Crippen molar-refractivity contribution in [1.29, 1.82) is 0 Å². The molecule has 3 nitrogen and oxygen atoms in total. The lowest BCUT2D eigenvalue weighted by molar-refractivity contribution is 0.0555. The summed E-state index contributed by atoms with van der Waals surface area (Å²) in [6, 6.07) is 1.91. The number of amides is 2. The lowest BCUT2D eigenvalue weighted by Crippen LogP contribution is -2.58. The van der Waals surface area contributed by atoms with Gasteiger partial charge in [-0.1, -0.05) is 0 Å². The Balaban J connectivity index is 2.13. The van der Waals surface area contributed by atoms with Gasteiger partial charge in [-0.05, 0) is 66.2 Å². The van der Waals surface area contributed by atoms with Gasteiger partial charge in [-0.25, -0.2) is 4.79 Å². The van der Waals surface area contributed by atoms with E-state index >= 15 is 0 Å². The van der Waals surface area contributed by atoms with Gasteiger partial charge >= 0.3 is 6.03 Å². The Morgan fingerprint density at radius 2 is 1.00 bits per heavy atom. The van der Waals surface area contributed by atoms with E-state index in [-0.39, 0.29) is 6.03 Å². The topological polar surface area (TPSA) is 23.6 Å². The van der Waals surface area contributed by atoms with Crippen LogP contribution in [0.1, 0.15) is 66.2 Å². The number of carbonyl (C=O) groups excluding carboxylic acids is 1. The third kappa shape index (κ3) is 2.50. The molecule has 2 heterocycles. The average Bonchev–Trinajstić information content (AvgIpc) is 2.28. The molecule has 2 saturated heterocycles. The molecule has 0 N–H and O–H groups in total. The molecule has 3 heteroatoms. The van der Waals surface area contributed by atoms with Crippen LogP contribution in [0.5, 0.6) is 0 Å². The first kappa shape index (κ1) is 13.7. The van der Waals surface area contributed by atoms with E-state index in [1.165, 1.54) is 12.8 Å². The Morgan fingerprint density at radius 3 is 1.28 bits per heavy atom. The van der Waals surface area contributed by atoms with Gasteiger partial charge < -0.3 is 9.80 Å². The molecule has 4 unspecified atom stereocenters. The summed E-state index contributed by atoms with van der Waals surface area (Å²) in [5.41, 5.74) is 0. The molecule has 0 aromatic heterocycles. The molecule has 2 aliphatic heterocycles. The minimum Gasteiger partial charge on any atom is -0.319 e. The first-order valence-corrected chi connectivity index (χ1v) is 7.63. The van der Waals surface area contributed by atoms with E-state index in [9.17, 15) is 4.79 Å². The van der Waals surface area contributed by atoms with Gasteiger partial charge in [-0.2, -0.15) is 0 Å². The summed E-state index contributed by atoms with van der Waals surface area (Å²) in [7, 11) is 0. The highest BCUT2D eigenvalue weighted by Gasteiger charge is 2.36. The van der Waals surface area contributed by atoms with E-state index in [0.29, 0.717) is 24.2 Å². The molecule has 0 saturated carbocycles. The smallest absolute Gasteiger partial charge is 0.319 e. The van der Waals surface area contributed by atoms with Crippen LogP contribution in [0.2, 0.25) is 0 Å². The Hall–Kier alpha value is -0.730. The summed E-state index contributed by atoms with van der Waals surface area (Å²) >= 11 is 0. The molecule has 2 fully saturated rings. The van der Waals surface area contributed by atoms with Gasteiger partial charge in [-0.15, -0.1) is 0 Å². The Labute approximate surface area is 112 Å². The van der Waals surface area contributed by atoms with Crippen molar-refractivity contribution in [1.82, 2.24) is 9.80 Å². The van der Waals surface area contributed by atoms with Crippen LogP contribution in [-0.4, -0.2) is 40.0 Å². The van der Waals surface area contributed by atoms with Gasteiger partial charge in [0.15, 0.2) is 0 Å². The molecule has 0 spiro atoms. The van der Waals surface area contributed by atoms with Gasteiger partial charge in [0.1, 0.15) is 0 Å². The predicted octanol–water partition coefficient (Wildman–Crippen LogP) is 3.63. The predicted molar refractivity (Wildman–Crippen MR) is 74.6 cm³/mol. The van der Waals surface area contributed by atoms with Crippen LogP contribution < -0.4 is 0 Å². The highest BCUT2D eigenvalue weighted by Crippen LogP contribution is 2.29. The first-order chi connectivity index (χ1) is 8.52. The summed E-state index contributed by atoms with van der Waals surface area (Å²) in [6.45, 7) is 8.80. The minimum atomic E-state index is 0.286. The summed E-state index contributed by atoms with van der Waals surface area (Å²) in [5.74, 6) is 0. The molecule has 18 heavy (non-hydrogen) atoms. The molecule has 0 radical (unpaired) electrons. The molecule has 0 aromatic rings. The Kier molecular flexibility index (Phi) is 4.18.